The molecule has 0 heterocycles. The summed E-state index contributed by atoms with van der Waals surface area (Å²) in [6.45, 7) is -0.134. The highest BCUT2D eigenvalue weighted by Gasteiger charge is 2.06. The van der Waals surface area contributed by atoms with Gasteiger partial charge in [0.15, 0.2) is 0 Å². The second kappa shape index (κ2) is 4.80. The molecule has 0 aliphatic heterocycles. The summed E-state index contributed by atoms with van der Waals surface area (Å²) >= 11 is -2.35. The topological polar surface area (TPSA) is 89.7 Å². The third kappa shape index (κ3) is 3.21. The van der Waals surface area contributed by atoms with Crippen LogP contribution in [0.1, 0.15) is 5.56 Å². The van der Waals surface area contributed by atoms with Gasteiger partial charge in [0.2, 0.25) is 0 Å². The molecule has 6 nitrogen and oxygen atoms in total. The van der Waals surface area contributed by atoms with Gasteiger partial charge in [-0.15, -0.1) is 0 Å². The molecule has 0 amide bonds. The van der Waals surface area contributed by atoms with Gasteiger partial charge in [-0.2, -0.15) is 4.21 Å². The first-order valence-corrected chi connectivity index (χ1v) is 4.60. The predicted octanol–water partition coefficient (Wildman–Crippen LogP) is 1.25. The van der Waals surface area contributed by atoms with Crippen LogP contribution in [0.4, 0.5) is 5.69 Å². The highest BCUT2D eigenvalue weighted by atomic mass is 32.2. The Morgan fingerprint density at radius 1 is 1.57 bits per heavy atom. The maximum Gasteiger partial charge on any atom is 0.302 e. The number of non-ortho nitro benzene ring substituents is 1. The van der Waals surface area contributed by atoms with E-state index in [2.05, 4.69) is 4.18 Å². The number of hydrogen-bond donors (Lipinski definition) is 1. The van der Waals surface area contributed by atoms with Crippen molar-refractivity contribution in [2.75, 3.05) is 0 Å². The van der Waals surface area contributed by atoms with Crippen molar-refractivity contribution in [3.63, 3.8) is 0 Å². The van der Waals surface area contributed by atoms with Crippen molar-refractivity contribution in [2.45, 2.75) is 6.61 Å². The summed E-state index contributed by atoms with van der Waals surface area (Å²) in [5.41, 5.74) is 0.399. The van der Waals surface area contributed by atoms with E-state index in [0.29, 0.717) is 5.56 Å². The maximum absolute atomic E-state index is 10.3. The third-order valence-electron chi connectivity index (χ3n) is 1.45. The van der Waals surface area contributed by atoms with E-state index in [1.807, 2.05) is 0 Å². The van der Waals surface area contributed by atoms with Gasteiger partial charge >= 0.3 is 11.4 Å². The molecule has 0 aliphatic carbocycles. The van der Waals surface area contributed by atoms with Crippen LogP contribution >= 0.6 is 0 Å². The molecule has 1 aromatic carbocycles. The highest BCUT2D eigenvalue weighted by molar-refractivity contribution is 7.74. The minimum atomic E-state index is -2.35. The minimum Gasteiger partial charge on any atom is -0.284 e. The Labute approximate surface area is 82.1 Å². The Balaban J connectivity index is 2.73. The van der Waals surface area contributed by atoms with Crippen LogP contribution in [0.5, 0.6) is 0 Å². The molecule has 0 saturated heterocycles. The molecule has 0 fully saturated rings. The zero-order chi connectivity index (χ0) is 10.6. The molecule has 76 valence electrons. The molecule has 1 rings (SSSR count). The minimum absolute atomic E-state index is 0.0742. The van der Waals surface area contributed by atoms with E-state index in [0.717, 1.165) is 0 Å². The summed E-state index contributed by atoms with van der Waals surface area (Å²) in [5, 5.41) is 10.3. The fourth-order valence-corrected chi connectivity index (χ4v) is 1.12. The van der Waals surface area contributed by atoms with Gasteiger partial charge in [0.05, 0.1) is 11.5 Å². The number of hydrogen-bond acceptors (Lipinski definition) is 4. The lowest BCUT2D eigenvalue weighted by atomic mass is 10.2. The Kier molecular flexibility index (Phi) is 3.69. The molecule has 0 aliphatic rings. The Morgan fingerprint density at radius 3 is 2.86 bits per heavy atom. The summed E-state index contributed by atoms with van der Waals surface area (Å²) in [5.74, 6) is 0. The first kappa shape index (κ1) is 10.8. The predicted molar refractivity (Wildman–Crippen MR) is 48.7 cm³/mol. The van der Waals surface area contributed by atoms with Gasteiger partial charge in [-0.25, -0.2) is 0 Å². The summed E-state index contributed by atoms with van der Waals surface area (Å²) in [7, 11) is 0. The van der Waals surface area contributed by atoms with E-state index in [1.54, 1.807) is 6.07 Å². The molecule has 1 aromatic rings. The lowest BCUT2D eigenvalue weighted by molar-refractivity contribution is -0.384. The lowest BCUT2D eigenvalue weighted by Crippen LogP contribution is -1.96. The van der Waals surface area contributed by atoms with E-state index in [4.69, 9.17) is 4.55 Å². The van der Waals surface area contributed by atoms with Crippen LogP contribution < -0.4 is 0 Å². The first-order chi connectivity index (χ1) is 6.59. The number of nitro groups is 1. The smallest absolute Gasteiger partial charge is 0.284 e. The molecule has 1 unspecified atom stereocenters. The van der Waals surface area contributed by atoms with Gasteiger partial charge in [0.25, 0.3) is 5.69 Å². The summed E-state index contributed by atoms with van der Waals surface area (Å²) < 4.78 is 22.8. The third-order valence-corrected chi connectivity index (χ3v) is 1.77. The Hall–Kier alpha value is -1.31. The van der Waals surface area contributed by atoms with Gasteiger partial charge in [-0.05, 0) is 5.56 Å². The van der Waals surface area contributed by atoms with Crippen LogP contribution in [0.15, 0.2) is 24.3 Å². The molecule has 1 N–H and O–H groups in total. The van der Waals surface area contributed by atoms with Gasteiger partial charge in [0.1, 0.15) is 0 Å². The van der Waals surface area contributed by atoms with Gasteiger partial charge < -0.3 is 0 Å². The van der Waals surface area contributed by atoms with Crippen LogP contribution in [0.3, 0.4) is 0 Å². The van der Waals surface area contributed by atoms with Crippen molar-refractivity contribution in [2.24, 2.45) is 0 Å². The largest absolute Gasteiger partial charge is 0.302 e. The molecule has 0 spiro atoms. The quantitative estimate of drug-likeness (QED) is 0.465. The SMILES string of the molecule is O=[N+]([O-])c1cccc(COS(=O)O)c1. The maximum atomic E-state index is 10.3. The van der Waals surface area contributed by atoms with E-state index in [9.17, 15) is 14.3 Å². The molecule has 0 bridgehead atoms. The fourth-order valence-electron chi connectivity index (χ4n) is 0.878. The molecule has 7 heteroatoms. The molecule has 1 atom stereocenters. The van der Waals surface area contributed by atoms with Crippen LogP contribution in [0, 0.1) is 10.1 Å². The number of benzene rings is 1. The van der Waals surface area contributed by atoms with Crippen molar-refractivity contribution < 1.29 is 17.9 Å². The average molecular weight is 217 g/mol. The Morgan fingerprint density at radius 2 is 2.29 bits per heavy atom. The molecular weight excluding hydrogens is 210 g/mol. The first-order valence-electron chi connectivity index (χ1n) is 3.57. The molecular formula is C7H7NO5S. The van der Waals surface area contributed by atoms with Gasteiger partial charge in [0, 0.05) is 12.1 Å². The van der Waals surface area contributed by atoms with Gasteiger partial charge in [-0.1, -0.05) is 12.1 Å². The number of rotatable bonds is 4. The standard InChI is InChI=1S/C7H7NO5S/c9-8(10)7-3-1-2-6(4-7)5-13-14(11)12/h1-4H,5H2,(H,11,12). The van der Waals surface area contributed by atoms with Crippen molar-refractivity contribution >= 4 is 17.0 Å². The van der Waals surface area contributed by atoms with Crippen LogP contribution in [-0.4, -0.2) is 13.7 Å². The monoisotopic (exact) mass is 217 g/mol. The van der Waals surface area contributed by atoms with E-state index in [-0.39, 0.29) is 12.3 Å². The molecule has 14 heavy (non-hydrogen) atoms. The van der Waals surface area contributed by atoms with E-state index >= 15 is 0 Å². The second-order valence-corrected chi connectivity index (χ2v) is 3.08. The van der Waals surface area contributed by atoms with Crippen LogP contribution in [0.2, 0.25) is 0 Å². The van der Waals surface area contributed by atoms with Crippen molar-refractivity contribution in [1.82, 2.24) is 0 Å². The van der Waals surface area contributed by atoms with E-state index < -0.39 is 16.3 Å². The summed E-state index contributed by atoms with van der Waals surface area (Å²) in [6.07, 6.45) is 0. The molecule has 0 radical (unpaired) electrons. The van der Waals surface area contributed by atoms with Crippen molar-refractivity contribution in [1.29, 1.82) is 0 Å². The second-order valence-electron chi connectivity index (χ2n) is 2.41. The number of nitrogens with zero attached hydrogens (tertiary/aromatic N) is 1. The van der Waals surface area contributed by atoms with Crippen LogP contribution in [-0.2, 0) is 22.2 Å². The zero-order valence-electron chi connectivity index (χ0n) is 6.95. The Bertz CT molecular complexity index is 367. The van der Waals surface area contributed by atoms with Gasteiger partial charge in [-0.3, -0.25) is 18.9 Å². The fraction of sp³-hybridized carbons (Fsp3) is 0.143. The number of nitro benzene ring substituents is 1. The summed E-state index contributed by atoms with van der Waals surface area (Å²) in [4.78, 5) is 9.80. The van der Waals surface area contributed by atoms with E-state index in [1.165, 1.54) is 18.2 Å². The highest BCUT2D eigenvalue weighted by Crippen LogP contribution is 2.13. The lowest BCUT2D eigenvalue weighted by Gasteiger charge is -1.98. The zero-order valence-corrected chi connectivity index (χ0v) is 7.77. The molecule has 0 aromatic heterocycles. The molecule has 0 saturated carbocycles. The average Bonchev–Trinajstić information content (AvgIpc) is 2.15. The van der Waals surface area contributed by atoms with Crippen molar-refractivity contribution in [3.05, 3.63) is 39.9 Å². The van der Waals surface area contributed by atoms with Crippen LogP contribution in [0.25, 0.3) is 0 Å². The normalized spacial score (nSPS) is 12.4. The summed E-state index contributed by atoms with van der Waals surface area (Å²) in [6, 6.07) is 5.67. The van der Waals surface area contributed by atoms with Crippen molar-refractivity contribution in [3.8, 4) is 0 Å².